The predicted octanol–water partition coefficient (Wildman–Crippen LogP) is 4.34. The van der Waals surface area contributed by atoms with Crippen molar-refractivity contribution in [2.24, 2.45) is 0 Å². The molecular formula is C25H27FN4O. The highest BCUT2D eigenvalue weighted by atomic mass is 19.1. The molecule has 0 radical (unpaired) electrons. The average molecular weight is 419 g/mol. The first kappa shape index (κ1) is 21.0. The number of benzene rings is 3. The summed E-state index contributed by atoms with van der Waals surface area (Å²) in [6.45, 7) is 3.54. The van der Waals surface area contributed by atoms with Gasteiger partial charge in [0.25, 0.3) is 0 Å². The van der Waals surface area contributed by atoms with Crippen LogP contribution in [0.3, 0.4) is 0 Å². The van der Waals surface area contributed by atoms with Crippen molar-refractivity contribution < 1.29 is 9.18 Å². The number of nitrogens with zero attached hydrogens (tertiary/aromatic N) is 1. The van der Waals surface area contributed by atoms with Crippen molar-refractivity contribution in [2.75, 3.05) is 31.5 Å². The number of nitrogens with one attached hydrogen (secondary N) is 3. The number of amides is 2. The van der Waals surface area contributed by atoms with Crippen LogP contribution in [0.15, 0.2) is 84.9 Å². The molecule has 3 aromatic rings. The van der Waals surface area contributed by atoms with Crippen LogP contribution in [-0.2, 0) is 0 Å². The summed E-state index contributed by atoms with van der Waals surface area (Å²) < 4.78 is 14.1. The fraction of sp³-hybridized carbons (Fsp3) is 0.240. The molecule has 0 bridgehead atoms. The topological polar surface area (TPSA) is 56.4 Å². The summed E-state index contributed by atoms with van der Waals surface area (Å²) in [6, 6.07) is 25.5. The molecule has 0 unspecified atom stereocenters. The van der Waals surface area contributed by atoms with E-state index < -0.39 is 11.8 Å². The van der Waals surface area contributed by atoms with Crippen molar-refractivity contribution in [3.8, 4) is 0 Å². The number of piperazine rings is 1. The normalized spacial score (nSPS) is 16.3. The third kappa shape index (κ3) is 5.29. The monoisotopic (exact) mass is 418 g/mol. The molecule has 1 saturated heterocycles. The third-order valence-corrected chi connectivity index (χ3v) is 5.57. The molecule has 0 aromatic heterocycles. The Labute approximate surface area is 182 Å². The first-order valence-corrected chi connectivity index (χ1v) is 10.6. The molecule has 1 aliphatic heterocycles. The Morgan fingerprint density at radius 2 is 1.42 bits per heavy atom. The fourth-order valence-corrected chi connectivity index (χ4v) is 4.09. The molecule has 3 N–H and O–H groups in total. The molecule has 1 aliphatic rings. The van der Waals surface area contributed by atoms with Crippen LogP contribution >= 0.6 is 0 Å². The quantitative estimate of drug-likeness (QED) is 0.558. The Morgan fingerprint density at radius 1 is 0.839 bits per heavy atom. The van der Waals surface area contributed by atoms with Gasteiger partial charge in [-0.05, 0) is 23.3 Å². The van der Waals surface area contributed by atoms with Gasteiger partial charge < -0.3 is 16.0 Å². The molecule has 0 aliphatic carbocycles. The second kappa shape index (κ2) is 10.2. The van der Waals surface area contributed by atoms with Crippen molar-refractivity contribution in [3.05, 3.63) is 102 Å². The van der Waals surface area contributed by atoms with Crippen molar-refractivity contribution in [2.45, 2.75) is 12.1 Å². The van der Waals surface area contributed by atoms with Gasteiger partial charge in [0, 0.05) is 26.2 Å². The Bertz CT molecular complexity index is 977. The van der Waals surface area contributed by atoms with Gasteiger partial charge in [-0.25, -0.2) is 9.18 Å². The maximum atomic E-state index is 14.1. The van der Waals surface area contributed by atoms with Gasteiger partial charge in [-0.15, -0.1) is 0 Å². The molecule has 1 heterocycles. The summed E-state index contributed by atoms with van der Waals surface area (Å²) >= 11 is 0. The fourth-order valence-electron chi connectivity index (χ4n) is 4.09. The van der Waals surface area contributed by atoms with E-state index >= 15 is 0 Å². The van der Waals surface area contributed by atoms with E-state index in [1.807, 2.05) is 48.5 Å². The minimum atomic E-state index is -0.462. The highest BCUT2D eigenvalue weighted by molar-refractivity contribution is 5.89. The third-order valence-electron chi connectivity index (χ3n) is 5.57. The lowest BCUT2D eigenvalue weighted by Crippen LogP contribution is -2.49. The van der Waals surface area contributed by atoms with Gasteiger partial charge in [-0.2, -0.15) is 0 Å². The number of halogens is 1. The molecule has 2 atom stereocenters. The largest absolute Gasteiger partial charge is 0.329 e. The molecule has 2 amide bonds. The molecule has 0 saturated carbocycles. The van der Waals surface area contributed by atoms with Gasteiger partial charge in [0.05, 0.1) is 17.8 Å². The molecular weight excluding hydrogens is 391 g/mol. The molecule has 4 rings (SSSR count). The van der Waals surface area contributed by atoms with Crippen LogP contribution < -0.4 is 16.0 Å². The average Bonchev–Trinajstić information content (AvgIpc) is 2.82. The van der Waals surface area contributed by atoms with E-state index in [-0.39, 0.29) is 17.8 Å². The molecule has 160 valence electrons. The van der Waals surface area contributed by atoms with Gasteiger partial charge in [0.15, 0.2) is 0 Å². The Balaban J connectivity index is 1.66. The summed E-state index contributed by atoms with van der Waals surface area (Å²) in [7, 11) is 0. The van der Waals surface area contributed by atoms with E-state index in [0.717, 1.165) is 37.3 Å². The number of hydrogen-bond donors (Lipinski definition) is 3. The number of urea groups is 1. The lowest BCUT2D eigenvalue weighted by Gasteiger charge is -2.40. The van der Waals surface area contributed by atoms with E-state index in [2.05, 4.69) is 33.0 Å². The molecule has 0 spiro atoms. The lowest BCUT2D eigenvalue weighted by atomic mass is 9.91. The second-order valence-electron chi connectivity index (χ2n) is 7.61. The SMILES string of the molecule is O=C(Nc1ccccc1F)N[C@H](c1ccccc1)[C@H](c1ccccc1)N1CCNCC1. The summed E-state index contributed by atoms with van der Waals surface area (Å²) in [5.74, 6) is -0.462. The lowest BCUT2D eigenvalue weighted by molar-refractivity contribution is 0.140. The maximum Gasteiger partial charge on any atom is 0.319 e. The van der Waals surface area contributed by atoms with Crippen LogP contribution in [0.1, 0.15) is 23.2 Å². The van der Waals surface area contributed by atoms with Gasteiger partial charge in [-0.3, -0.25) is 4.90 Å². The van der Waals surface area contributed by atoms with E-state index in [4.69, 9.17) is 0 Å². The zero-order valence-corrected chi connectivity index (χ0v) is 17.3. The maximum absolute atomic E-state index is 14.1. The van der Waals surface area contributed by atoms with Crippen LogP contribution in [0.2, 0.25) is 0 Å². The van der Waals surface area contributed by atoms with E-state index in [1.165, 1.54) is 6.07 Å². The van der Waals surface area contributed by atoms with Crippen molar-refractivity contribution >= 4 is 11.7 Å². The van der Waals surface area contributed by atoms with Crippen molar-refractivity contribution in [3.63, 3.8) is 0 Å². The number of anilines is 1. The van der Waals surface area contributed by atoms with Gasteiger partial charge in [0.1, 0.15) is 5.82 Å². The molecule has 31 heavy (non-hydrogen) atoms. The summed E-state index contributed by atoms with van der Waals surface area (Å²) in [4.78, 5) is 15.3. The van der Waals surface area contributed by atoms with E-state index in [9.17, 15) is 9.18 Å². The Kier molecular flexibility index (Phi) is 6.92. The van der Waals surface area contributed by atoms with E-state index in [1.54, 1.807) is 18.2 Å². The first-order chi connectivity index (χ1) is 15.2. The van der Waals surface area contributed by atoms with E-state index in [0.29, 0.717) is 0 Å². The zero-order chi connectivity index (χ0) is 21.5. The minimum Gasteiger partial charge on any atom is -0.329 e. The molecule has 1 fully saturated rings. The number of para-hydroxylation sites is 1. The summed E-state index contributed by atoms with van der Waals surface area (Å²) in [6.07, 6.45) is 0. The summed E-state index contributed by atoms with van der Waals surface area (Å²) in [5.41, 5.74) is 2.29. The highest BCUT2D eigenvalue weighted by Gasteiger charge is 2.32. The predicted molar refractivity (Wildman–Crippen MR) is 121 cm³/mol. The Morgan fingerprint density at radius 3 is 2.06 bits per heavy atom. The van der Waals surface area contributed by atoms with Crippen LogP contribution in [0, 0.1) is 5.82 Å². The van der Waals surface area contributed by atoms with Crippen molar-refractivity contribution in [1.82, 2.24) is 15.5 Å². The van der Waals surface area contributed by atoms with Crippen molar-refractivity contribution in [1.29, 1.82) is 0 Å². The molecule has 5 nitrogen and oxygen atoms in total. The van der Waals surface area contributed by atoms with Crippen LogP contribution in [0.5, 0.6) is 0 Å². The van der Waals surface area contributed by atoms with Gasteiger partial charge in [0.2, 0.25) is 0 Å². The number of carbonyl (C=O) groups excluding carboxylic acids is 1. The van der Waals surface area contributed by atoms with Crippen LogP contribution in [0.4, 0.5) is 14.9 Å². The second-order valence-corrected chi connectivity index (χ2v) is 7.61. The zero-order valence-electron chi connectivity index (χ0n) is 17.3. The minimum absolute atomic E-state index is 0.0583. The Hall–Kier alpha value is -3.22. The molecule has 3 aromatic carbocycles. The standard InChI is InChI=1S/C25H27FN4O/c26-21-13-7-8-14-22(21)28-25(31)29-23(19-9-3-1-4-10-19)24(20-11-5-2-6-12-20)30-17-15-27-16-18-30/h1-14,23-24,27H,15-18H2,(H2,28,29,31)/t23-,24+/m1/s1. The number of rotatable bonds is 6. The van der Waals surface area contributed by atoms with Crippen LogP contribution in [-0.4, -0.2) is 37.1 Å². The molecule has 6 heteroatoms. The number of carbonyl (C=O) groups is 1. The first-order valence-electron chi connectivity index (χ1n) is 10.6. The summed E-state index contributed by atoms with van der Waals surface area (Å²) in [5, 5.41) is 9.19. The smallest absolute Gasteiger partial charge is 0.319 e. The van der Waals surface area contributed by atoms with Gasteiger partial charge >= 0.3 is 6.03 Å². The van der Waals surface area contributed by atoms with Gasteiger partial charge in [-0.1, -0.05) is 72.8 Å². The van der Waals surface area contributed by atoms with Crippen LogP contribution in [0.25, 0.3) is 0 Å². The highest BCUT2D eigenvalue weighted by Crippen LogP contribution is 2.34. The number of hydrogen-bond acceptors (Lipinski definition) is 3.